The molecule has 180 valence electrons. The summed E-state index contributed by atoms with van der Waals surface area (Å²) in [5, 5.41) is 4.52. The number of nitrogens with zero attached hydrogens (tertiary/aromatic N) is 5. The monoisotopic (exact) mass is 472 g/mol. The Balaban J connectivity index is 1.53. The molecule has 0 spiro atoms. The van der Waals surface area contributed by atoms with E-state index in [-0.39, 0.29) is 5.82 Å². The smallest absolute Gasteiger partial charge is 0.128 e. The maximum absolute atomic E-state index is 13.4. The molecular weight excluding hydrogens is 443 g/mol. The van der Waals surface area contributed by atoms with Crippen LogP contribution in [-0.4, -0.2) is 60.0 Å². The van der Waals surface area contributed by atoms with Gasteiger partial charge in [0, 0.05) is 67.0 Å². The summed E-state index contributed by atoms with van der Waals surface area (Å²) in [7, 11) is 3.84. The summed E-state index contributed by atoms with van der Waals surface area (Å²) in [4.78, 5) is 9.10. The number of aromatic nitrogens is 3. The summed E-state index contributed by atoms with van der Waals surface area (Å²) >= 11 is 0. The molecular formula is C27H29FN6O. The van der Waals surface area contributed by atoms with Crippen molar-refractivity contribution < 1.29 is 9.13 Å². The van der Waals surface area contributed by atoms with Gasteiger partial charge in [-0.25, -0.2) is 9.37 Å². The molecule has 2 aromatic carbocycles. The highest BCUT2D eigenvalue weighted by atomic mass is 19.1. The molecule has 5 rings (SSSR count). The van der Waals surface area contributed by atoms with Crippen LogP contribution < -0.4 is 15.4 Å². The molecule has 2 aromatic heterocycles. The van der Waals surface area contributed by atoms with Gasteiger partial charge in [-0.15, -0.1) is 0 Å². The number of piperazine rings is 1. The minimum atomic E-state index is -0.259. The van der Waals surface area contributed by atoms with Crippen molar-refractivity contribution in [2.45, 2.75) is 6.54 Å². The van der Waals surface area contributed by atoms with Gasteiger partial charge in [0.15, 0.2) is 0 Å². The largest absolute Gasteiger partial charge is 0.496 e. The Labute approximate surface area is 204 Å². The molecule has 3 heterocycles. The van der Waals surface area contributed by atoms with Gasteiger partial charge in [-0.3, -0.25) is 4.68 Å². The number of nitrogens with two attached hydrogens (primary N) is 1. The number of likely N-dealkylation sites (N-methyl/N-ethyl adjacent to an activating group) is 1. The molecule has 0 bridgehead atoms. The van der Waals surface area contributed by atoms with Crippen LogP contribution in [0.4, 0.5) is 15.9 Å². The van der Waals surface area contributed by atoms with Crippen molar-refractivity contribution >= 4 is 11.5 Å². The Kier molecular flexibility index (Phi) is 6.37. The summed E-state index contributed by atoms with van der Waals surface area (Å²) in [6.45, 7) is 4.54. The van der Waals surface area contributed by atoms with E-state index in [0.717, 1.165) is 65.6 Å². The third kappa shape index (κ3) is 4.83. The number of anilines is 2. The van der Waals surface area contributed by atoms with Crippen molar-refractivity contribution in [1.29, 1.82) is 0 Å². The van der Waals surface area contributed by atoms with Gasteiger partial charge in [-0.1, -0.05) is 12.1 Å². The minimum Gasteiger partial charge on any atom is -0.496 e. The van der Waals surface area contributed by atoms with Crippen LogP contribution in [0.3, 0.4) is 0 Å². The highest BCUT2D eigenvalue weighted by molar-refractivity contribution is 5.86. The van der Waals surface area contributed by atoms with Gasteiger partial charge in [-0.05, 0) is 49.0 Å². The summed E-state index contributed by atoms with van der Waals surface area (Å²) in [5.74, 6) is 0.941. The van der Waals surface area contributed by atoms with Crippen LogP contribution in [0.25, 0.3) is 22.4 Å². The number of hydrogen-bond donors (Lipinski definition) is 1. The molecule has 1 fully saturated rings. The fourth-order valence-electron chi connectivity index (χ4n) is 4.51. The molecule has 0 unspecified atom stereocenters. The van der Waals surface area contributed by atoms with E-state index in [4.69, 9.17) is 10.5 Å². The maximum atomic E-state index is 13.4. The molecule has 0 aliphatic carbocycles. The quantitative estimate of drug-likeness (QED) is 0.455. The Morgan fingerprint density at radius 3 is 2.46 bits per heavy atom. The number of halogens is 1. The molecule has 4 aromatic rings. The van der Waals surface area contributed by atoms with Gasteiger partial charge >= 0.3 is 0 Å². The maximum Gasteiger partial charge on any atom is 0.128 e. The van der Waals surface area contributed by atoms with Gasteiger partial charge < -0.3 is 20.3 Å². The standard InChI is InChI=1S/C27H29FN6O/c1-32-11-13-33(14-12-32)21-7-8-22(26(15-21)35-2)24-17-30-27(29)16-23(24)25-9-10-31-34(25)18-19-3-5-20(28)6-4-19/h3-10,15-17H,11-14,18H2,1-2H3,(H2,29,30). The third-order valence-electron chi connectivity index (χ3n) is 6.51. The second kappa shape index (κ2) is 9.76. The second-order valence-electron chi connectivity index (χ2n) is 8.83. The Hall–Kier alpha value is -3.91. The number of pyridine rings is 1. The zero-order chi connectivity index (χ0) is 24.4. The molecule has 2 N–H and O–H groups in total. The van der Waals surface area contributed by atoms with Crippen molar-refractivity contribution in [1.82, 2.24) is 19.7 Å². The number of hydrogen-bond acceptors (Lipinski definition) is 6. The zero-order valence-electron chi connectivity index (χ0n) is 20.0. The average molecular weight is 473 g/mol. The van der Waals surface area contributed by atoms with Crippen LogP contribution in [0.5, 0.6) is 5.75 Å². The predicted molar refractivity (Wildman–Crippen MR) is 137 cm³/mol. The van der Waals surface area contributed by atoms with Crippen LogP contribution in [0, 0.1) is 5.82 Å². The van der Waals surface area contributed by atoms with Crippen LogP contribution in [0.15, 0.2) is 67.0 Å². The Bertz CT molecular complexity index is 1310. The Morgan fingerprint density at radius 2 is 1.71 bits per heavy atom. The topological polar surface area (TPSA) is 72.4 Å². The van der Waals surface area contributed by atoms with E-state index >= 15 is 0 Å². The van der Waals surface area contributed by atoms with E-state index in [0.29, 0.717) is 12.4 Å². The Morgan fingerprint density at radius 1 is 0.943 bits per heavy atom. The predicted octanol–water partition coefficient (Wildman–Crippen LogP) is 4.14. The van der Waals surface area contributed by atoms with Gasteiger partial charge in [-0.2, -0.15) is 5.10 Å². The number of rotatable bonds is 6. The van der Waals surface area contributed by atoms with Gasteiger partial charge in [0.2, 0.25) is 0 Å². The third-order valence-corrected chi connectivity index (χ3v) is 6.51. The van der Waals surface area contributed by atoms with Crippen molar-refractivity contribution in [2.24, 2.45) is 0 Å². The summed E-state index contributed by atoms with van der Waals surface area (Å²) in [5.41, 5.74) is 11.8. The lowest BCUT2D eigenvalue weighted by Crippen LogP contribution is -2.44. The molecule has 1 saturated heterocycles. The SMILES string of the molecule is COc1cc(N2CCN(C)CC2)ccc1-c1cnc(N)cc1-c1ccnn1Cc1ccc(F)cc1. The highest BCUT2D eigenvalue weighted by Crippen LogP contribution is 2.39. The second-order valence-corrected chi connectivity index (χ2v) is 8.83. The van der Waals surface area contributed by atoms with Crippen molar-refractivity contribution in [3.8, 4) is 28.1 Å². The van der Waals surface area contributed by atoms with E-state index in [1.807, 2.05) is 16.8 Å². The van der Waals surface area contributed by atoms with Crippen molar-refractivity contribution in [3.63, 3.8) is 0 Å². The van der Waals surface area contributed by atoms with Crippen molar-refractivity contribution in [3.05, 3.63) is 78.4 Å². The molecule has 0 amide bonds. The van der Waals surface area contributed by atoms with Crippen LogP contribution >= 0.6 is 0 Å². The molecule has 35 heavy (non-hydrogen) atoms. The number of ether oxygens (including phenoxy) is 1. The highest BCUT2D eigenvalue weighted by Gasteiger charge is 2.19. The van der Waals surface area contributed by atoms with E-state index < -0.39 is 0 Å². The summed E-state index contributed by atoms with van der Waals surface area (Å²) in [6.07, 6.45) is 3.54. The number of nitrogen functional groups attached to an aromatic ring is 1. The van der Waals surface area contributed by atoms with Gasteiger partial charge in [0.25, 0.3) is 0 Å². The number of methoxy groups -OCH3 is 1. The van der Waals surface area contributed by atoms with E-state index in [1.54, 1.807) is 31.6 Å². The molecule has 1 aliphatic rings. The first-order chi connectivity index (χ1) is 17.0. The first-order valence-electron chi connectivity index (χ1n) is 11.7. The molecule has 8 heteroatoms. The lowest BCUT2D eigenvalue weighted by molar-refractivity contribution is 0.312. The minimum absolute atomic E-state index is 0.259. The molecule has 0 saturated carbocycles. The first kappa shape index (κ1) is 22.9. The lowest BCUT2D eigenvalue weighted by Gasteiger charge is -2.34. The fraction of sp³-hybridized carbons (Fsp3) is 0.259. The van der Waals surface area contributed by atoms with E-state index in [2.05, 4.69) is 45.1 Å². The van der Waals surface area contributed by atoms with Gasteiger partial charge in [0.1, 0.15) is 17.4 Å². The zero-order valence-corrected chi connectivity index (χ0v) is 20.0. The van der Waals surface area contributed by atoms with Crippen LogP contribution in [0.1, 0.15) is 5.56 Å². The molecule has 1 aliphatic heterocycles. The first-order valence-corrected chi connectivity index (χ1v) is 11.7. The fourth-order valence-corrected chi connectivity index (χ4v) is 4.51. The molecule has 7 nitrogen and oxygen atoms in total. The molecule has 0 atom stereocenters. The molecule has 0 radical (unpaired) electrons. The van der Waals surface area contributed by atoms with E-state index in [9.17, 15) is 4.39 Å². The average Bonchev–Trinajstić information content (AvgIpc) is 3.33. The normalized spacial score (nSPS) is 14.3. The lowest BCUT2D eigenvalue weighted by atomic mass is 9.98. The van der Waals surface area contributed by atoms with Crippen LogP contribution in [-0.2, 0) is 6.54 Å². The summed E-state index contributed by atoms with van der Waals surface area (Å²) < 4.78 is 21.1. The van der Waals surface area contributed by atoms with Crippen molar-refractivity contribution in [2.75, 3.05) is 51.0 Å². The van der Waals surface area contributed by atoms with Gasteiger partial charge in [0.05, 0.1) is 19.3 Å². The number of benzene rings is 2. The van der Waals surface area contributed by atoms with Crippen LogP contribution in [0.2, 0.25) is 0 Å². The summed E-state index contributed by atoms with van der Waals surface area (Å²) in [6, 6.07) is 16.6. The van der Waals surface area contributed by atoms with E-state index in [1.165, 1.54) is 12.1 Å².